The molecule has 6 heteroatoms. The molecule has 0 aliphatic heterocycles. The fourth-order valence-electron chi connectivity index (χ4n) is 2.12. The molecule has 3 N–H and O–H groups in total. The fraction of sp³-hybridized carbons (Fsp3) is 0.357. The number of hydrazine groups is 1. The smallest absolute Gasteiger partial charge is 0.263 e. The Bertz CT molecular complexity index is 579. The molecule has 20 heavy (non-hydrogen) atoms. The average Bonchev–Trinajstić information content (AvgIpc) is 2.91. The van der Waals surface area contributed by atoms with Gasteiger partial charge in [0.1, 0.15) is 5.82 Å². The first-order valence-corrected chi connectivity index (χ1v) is 6.70. The Balaban J connectivity index is 2.52. The average molecular weight is 273 g/mol. The van der Waals surface area contributed by atoms with E-state index in [1.54, 1.807) is 4.68 Å². The monoisotopic (exact) mass is 273 g/mol. The van der Waals surface area contributed by atoms with Gasteiger partial charge in [0.2, 0.25) is 0 Å². The van der Waals surface area contributed by atoms with Gasteiger partial charge in [-0.25, -0.2) is 15.5 Å². The molecule has 0 aliphatic carbocycles. The molecule has 1 aromatic carbocycles. The highest BCUT2D eigenvalue weighted by molar-refractivity contribution is 5.82. The van der Waals surface area contributed by atoms with Crippen molar-refractivity contribution in [2.45, 2.75) is 32.7 Å². The second-order valence-corrected chi connectivity index (χ2v) is 4.42. The Morgan fingerprint density at radius 1 is 1.30 bits per heavy atom. The first-order valence-electron chi connectivity index (χ1n) is 6.70. The molecular formula is C14H19N5O. The summed E-state index contributed by atoms with van der Waals surface area (Å²) in [6.07, 6.45) is 1.43. The van der Waals surface area contributed by atoms with Crippen LogP contribution in [0.1, 0.15) is 37.1 Å². The molecule has 0 saturated carbocycles. The topological polar surface area (TPSA) is 85.8 Å². The molecule has 2 aromatic rings. The summed E-state index contributed by atoms with van der Waals surface area (Å²) in [5.41, 5.74) is 3.04. The highest BCUT2D eigenvalue weighted by Gasteiger charge is 2.25. The van der Waals surface area contributed by atoms with E-state index in [9.17, 15) is 4.79 Å². The lowest BCUT2D eigenvalue weighted by molar-refractivity contribution is -0.123. The summed E-state index contributed by atoms with van der Waals surface area (Å²) >= 11 is 0. The molecule has 1 atom stereocenters. The molecule has 2 rings (SSSR count). The van der Waals surface area contributed by atoms with Gasteiger partial charge in [-0.3, -0.25) is 10.2 Å². The van der Waals surface area contributed by atoms with E-state index in [1.165, 1.54) is 0 Å². The SMILES string of the molecule is CCc1nc(CC)n(C(C(=O)NN)c2ccccc2)n1. The third-order valence-electron chi connectivity index (χ3n) is 3.13. The Hall–Kier alpha value is -2.21. The molecule has 0 saturated heterocycles. The normalized spacial score (nSPS) is 12.2. The second kappa shape index (κ2) is 6.29. The van der Waals surface area contributed by atoms with Gasteiger partial charge in [0.15, 0.2) is 11.9 Å². The van der Waals surface area contributed by atoms with Crippen molar-refractivity contribution >= 4 is 5.91 Å². The number of amides is 1. The van der Waals surface area contributed by atoms with Gasteiger partial charge in [-0.15, -0.1) is 0 Å². The van der Waals surface area contributed by atoms with E-state index in [-0.39, 0.29) is 5.91 Å². The van der Waals surface area contributed by atoms with Crippen LogP contribution in [0, 0.1) is 0 Å². The van der Waals surface area contributed by atoms with Gasteiger partial charge >= 0.3 is 0 Å². The molecule has 0 spiro atoms. The third kappa shape index (κ3) is 2.70. The minimum absolute atomic E-state index is 0.307. The van der Waals surface area contributed by atoms with Crippen molar-refractivity contribution in [2.24, 2.45) is 5.84 Å². The zero-order valence-corrected chi connectivity index (χ0v) is 11.7. The number of aryl methyl sites for hydroxylation is 2. The van der Waals surface area contributed by atoms with Crippen LogP contribution in [0.4, 0.5) is 0 Å². The van der Waals surface area contributed by atoms with Crippen molar-refractivity contribution in [3.8, 4) is 0 Å². The summed E-state index contributed by atoms with van der Waals surface area (Å²) in [6.45, 7) is 3.97. The predicted molar refractivity (Wildman–Crippen MR) is 75.7 cm³/mol. The zero-order valence-electron chi connectivity index (χ0n) is 11.7. The molecule has 106 valence electrons. The third-order valence-corrected chi connectivity index (χ3v) is 3.13. The van der Waals surface area contributed by atoms with Crippen molar-refractivity contribution < 1.29 is 4.79 Å². The first kappa shape index (κ1) is 14.2. The Morgan fingerprint density at radius 3 is 2.55 bits per heavy atom. The van der Waals surface area contributed by atoms with Gasteiger partial charge in [-0.1, -0.05) is 44.2 Å². The summed E-state index contributed by atoms with van der Waals surface area (Å²) in [5.74, 6) is 6.52. The van der Waals surface area contributed by atoms with Crippen LogP contribution in [-0.4, -0.2) is 20.7 Å². The van der Waals surface area contributed by atoms with Gasteiger partial charge in [-0.2, -0.15) is 5.10 Å². The van der Waals surface area contributed by atoms with Crippen molar-refractivity contribution in [1.82, 2.24) is 20.2 Å². The molecule has 0 aliphatic rings. The molecule has 1 amide bonds. The molecule has 0 fully saturated rings. The number of nitrogens with one attached hydrogen (secondary N) is 1. The van der Waals surface area contributed by atoms with E-state index in [1.807, 2.05) is 44.2 Å². The Kier molecular flexibility index (Phi) is 4.47. The summed E-state index contributed by atoms with van der Waals surface area (Å²) in [5, 5.41) is 4.43. The van der Waals surface area contributed by atoms with Crippen LogP contribution in [0.2, 0.25) is 0 Å². The highest BCUT2D eigenvalue weighted by Crippen LogP contribution is 2.19. The number of carbonyl (C=O) groups is 1. The first-order chi connectivity index (χ1) is 9.71. The molecule has 1 unspecified atom stereocenters. The van der Waals surface area contributed by atoms with E-state index in [0.29, 0.717) is 6.42 Å². The maximum Gasteiger partial charge on any atom is 0.263 e. The fourth-order valence-corrected chi connectivity index (χ4v) is 2.12. The van der Waals surface area contributed by atoms with Gasteiger partial charge < -0.3 is 0 Å². The lowest BCUT2D eigenvalue weighted by Gasteiger charge is -2.17. The summed E-state index contributed by atoms with van der Waals surface area (Å²) in [4.78, 5) is 16.6. The van der Waals surface area contributed by atoms with E-state index in [2.05, 4.69) is 15.5 Å². The van der Waals surface area contributed by atoms with Crippen molar-refractivity contribution in [3.63, 3.8) is 0 Å². The maximum atomic E-state index is 12.2. The van der Waals surface area contributed by atoms with E-state index in [0.717, 1.165) is 23.6 Å². The maximum absolute atomic E-state index is 12.2. The number of hydrogen-bond donors (Lipinski definition) is 2. The van der Waals surface area contributed by atoms with Crippen LogP contribution in [0.25, 0.3) is 0 Å². The summed E-state index contributed by atoms with van der Waals surface area (Å²) in [6, 6.07) is 8.84. The number of nitrogens with zero attached hydrogens (tertiary/aromatic N) is 3. The molecular weight excluding hydrogens is 254 g/mol. The van der Waals surface area contributed by atoms with E-state index < -0.39 is 6.04 Å². The molecule has 1 heterocycles. The summed E-state index contributed by atoms with van der Waals surface area (Å²) < 4.78 is 1.66. The lowest BCUT2D eigenvalue weighted by Crippen LogP contribution is -2.38. The highest BCUT2D eigenvalue weighted by atomic mass is 16.2. The molecule has 0 radical (unpaired) electrons. The Morgan fingerprint density at radius 2 is 2.00 bits per heavy atom. The quantitative estimate of drug-likeness (QED) is 0.483. The van der Waals surface area contributed by atoms with Crippen LogP contribution >= 0.6 is 0 Å². The van der Waals surface area contributed by atoms with Gasteiger partial charge in [-0.05, 0) is 5.56 Å². The van der Waals surface area contributed by atoms with Gasteiger partial charge in [0.25, 0.3) is 5.91 Å². The predicted octanol–water partition coefficient (Wildman–Crippen LogP) is 0.982. The van der Waals surface area contributed by atoms with Crippen LogP contribution in [0.3, 0.4) is 0 Å². The number of hydrogen-bond acceptors (Lipinski definition) is 4. The zero-order chi connectivity index (χ0) is 14.5. The van der Waals surface area contributed by atoms with Crippen molar-refractivity contribution in [1.29, 1.82) is 0 Å². The molecule has 1 aromatic heterocycles. The second-order valence-electron chi connectivity index (χ2n) is 4.42. The lowest BCUT2D eigenvalue weighted by atomic mass is 10.1. The molecule has 6 nitrogen and oxygen atoms in total. The van der Waals surface area contributed by atoms with Crippen LogP contribution in [-0.2, 0) is 17.6 Å². The number of rotatable bonds is 5. The van der Waals surface area contributed by atoms with Gasteiger partial charge in [0, 0.05) is 12.8 Å². The summed E-state index contributed by atoms with van der Waals surface area (Å²) in [7, 11) is 0. The van der Waals surface area contributed by atoms with Crippen LogP contribution in [0.15, 0.2) is 30.3 Å². The van der Waals surface area contributed by atoms with E-state index >= 15 is 0 Å². The minimum Gasteiger partial charge on any atom is -0.292 e. The molecule has 0 bridgehead atoms. The Labute approximate surface area is 118 Å². The van der Waals surface area contributed by atoms with E-state index in [4.69, 9.17) is 5.84 Å². The largest absolute Gasteiger partial charge is 0.292 e. The number of nitrogens with two attached hydrogens (primary N) is 1. The van der Waals surface area contributed by atoms with Gasteiger partial charge in [0.05, 0.1) is 0 Å². The number of aromatic nitrogens is 3. The number of carbonyl (C=O) groups excluding carboxylic acids is 1. The van der Waals surface area contributed by atoms with Crippen LogP contribution in [0.5, 0.6) is 0 Å². The standard InChI is InChI=1S/C14H19N5O/c1-3-11-16-12(4-2)19(18-11)13(14(20)17-15)10-8-6-5-7-9-10/h5-9,13H,3-4,15H2,1-2H3,(H,17,20). The van der Waals surface area contributed by atoms with Crippen molar-refractivity contribution in [2.75, 3.05) is 0 Å². The van der Waals surface area contributed by atoms with Crippen LogP contribution < -0.4 is 11.3 Å². The number of benzene rings is 1. The van der Waals surface area contributed by atoms with Crippen molar-refractivity contribution in [3.05, 3.63) is 47.5 Å². The minimum atomic E-state index is -0.594.